The summed E-state index contributed by atoms with van der Waals surface area (Å²) < 4.78 is 8.81. The normalized spacial score (nSPS) is 13.4. The molecule has 0 radical (unpaired) electrons. The van der Waals surface area contributed by atoms with Crippen LogP contribution in [0.2, 0.25) is 5.02 Å². The molecule has 0 saturated heterocycles. The number of carboxylic acids is 1. The van der Waals surface area contributed by atoms with Crippen molar-refractivity contribution in [3.63, 3.8) is 0 Å². The molecule has 216 valence electrons. The maximum absolute atomic E-state index is 13.7. The fourth-order valence-electron chi connectivity index (χ4n) is 4.78. The van der Waals surface area contributed by atoms with E-state index < -0.39 is 23.5 Å². The highest BCUT2D eigenvalue weighted by atomic mass is 35.5. The Kier molecular flexibility index (Phi) is 8.26. The van der Waals surface area contributed by atoms with E-state index >= 15 is 0 Å². The molecular weight excluding hydrogens is 560 g/mol. The van der Waals surface area contributed by atoms with Crippen LogP contribution in [0.3, 0.4) is 0 Å². The number of halogens is 1. The van der Waals surface area contributed by atoms with E-state index in [0.29, 0.717) is 39.1 Å². The van der Waals surface area contributed by atoms with E-state index in [1.54, 1.807) is 25.1 Å². The molecule has 1 aliphatic carbocycles. The molecule has 1 unspecified atom stereocenters. The van der Waals surface area contributed by atoms with E-state index in [-0.39, 0.29) is 29.9 Å². The number of carbonyl (C=O) groups is 3. The topological polar surface area (TPSA) is 133 Å². The van der Waals surface area contributed by atoms with Gasteiger partial charge in [0.05, 0.1) is 30.6 Å². The average molecular weight is 589 g/mol. The molecule has 1 saturated carbocycles. The minimum absolute atomic E-state index is 0.0775. The van der Waals surface area contributed by atoms with Crippen molar-refractivity contribution in [3.8, 4) is 16.9 Å². The molecule has 1 fully saturated rings. The first-order valence-corrected chi connectivity index (χ1v) is 13.9. The number of anilines is 1. The Morgan fingerprint density at radius 2 is 1.83 bits per heavy atom. The van der Waals surface area contributed by atoms with Crippen LogP contribution < -0.4 is 15.6 Å². The number of rotatable bonds is 11. The van der Waals surface area contributed by atoms with Gasteiger partial charge in [0.2, 0.25) is 5.91 Å². The molecule has 0 spiro atoms. The van der Waals surface area contributed by atoms with E-state index in [1.807, 2.05) is 16.9 Å². The van der Waals surface area contributed by atoms with Crippen LogP contribution in [0.25, 0.3) is 11.1 Å². The van der Waals surface area contributed by atoms with E-state index in [4.69, 9.17) is 16.3 Å². The number of hydrogen-bond acceptors (Lipinski definition) is 6. The number of ether oxygens (including phenoxy) is 1. The van der Waals surface area contributed by atoms with Crippen molar-refractivity contribution in [2.75, 3.05) is 12.4 Å². The Bertz CT molecular complexity index is 1720. The summed E-state index contributed by atoms with van der Waals surface area (Å²) in [6.45, 7) is 1.75. The van der Waals surface area contributed by atoms with Crippen LogP contribution in [0.4, 0.5) is 5.69 Å². The molecule has 2 aromatic heterocycles. The summed E-state index contributed by atoms with van der Waals surface area (Å²) in [5, 5.41) is 17.0. The highest BCUT2D eigenvalue weighted by Gasteiger charge is 2.28. The smallest absolute Gasteiger partial charge is 0.335 e. The van der Waals surface area contributed by atoms with Crippen LogP contribution in [0, 0.1) is 0 Å². The van der Waals surface area contributed by atoms with E-state index in [9.17, 15) is 24.3 Å². The maximum Gasteiger partial charge on any atom is 0.335 e. The number of amides is 1. The third-order valence-corrected chi connectivity index (χ3v) is 7.42. The first kappa shape index (κ1) is 28.8. The first-order valence-electron chi connectivity index (χ1n) is 13.5. The number of methoxy groups -OCH3 is 1. The van der Waals surface area contributed by atoms with E-state index in [2.05, 4.69) is 10.4 Å². The van der Waals surface area contributed by atoms with Gasteiger partial charge >= 0.3 is 5.97 Å². The molecule has 10 nitrogen and oxygen atoms in total. The lowest BCUT2D eigenvalue weighted by atomic mass is 9.96. The molecule has 4 aromatic rings. The van der Waals surface area contributed by atoms with Gasteiger partial charge in [0.15, 0.2) is 5.78 Å². The predicted molar refractivity (Wildman–Crippen MR) is 158 cm³/mol. The number of pyridine rings is 1. The number of aromatic carboxylic acids is 1. The number of carbonyl (C=O) groups excluding carboxylic acids is 2. The number of Topliss-reactive ketones (excluding diaryl/α,β-unsaturated/α-hetero) is 1. The van der Waals surface area contributed by atoms with Gasteiger partial charge in [-0.05, 0) is 66.9 Å². The molecule has 11 heteroatoms. The van der Waals surface area contributed by atoms with Crippen LogP contribution in [-0.4, -0.2) is 44.2 Å². The van der Waals surface area contributed by atoms with Gasteiger partial charge in [0, 0.05) is 46.9 Å². The third-order valence-electron chi connectivity index (χ3n) is 7.18. The molecular formula is C31H29ClN4O6. The van der Waals surface area contributed by atoms with Crippen molar-refractivity contribution >= 4 is 34.9 Å². The zero-order chi connectivity index (χ0) is 30.0. The molecule has 1 atom stereocenters. The summed E-state index contributed by atoms with van der Waals surface area (Å²) in [6, 6.07) is 13.1. The van der Waals surface area contributed by atoms with Crippen molar-refractivity contribution < 1.29 is 24.2 Å². The standard InChI is InChI=1S/C31H29ClN4O6/c1-3-27(37)23-11-6-19(32)14-24(23)25-16-29(38)35(17-28(25)42-2)26(15-21-12-13-36(34-21)22-9-10-22)30(39)33-20-7-4-18(5-8-20)31(40)41/h4-8,11-14,16-17,22,26H,3,9-10,15H2,1-2H3,(H,33,39)(H,40,41). The number of benzene rings is 2. The van der Waals surface area contributed by atoms with Gasteiger partial charge < -0.3 is 15.2 Å². The second-order valence-electron chi connectivity index (χ2n) is 10.1. The average Bonchev–Trinajstić information content (AvgIpc) is 3.73. The fraction of sp³-hybridized carbons (Fsp3) is 0.258. The number of aromatic nitrogens is 3. The van der Waals surface area contributed by atoms with Crippen LogP contribution in [0.5, 0.6) is 5.75 Å². The van der Waals surface area contributed by atoms with Gasteiger partial charge in [-0.1, -0.05) is 18.5 Å². The van der Waals surface area contributed by atoms with Crippen LogP contribution in [0.1, 0.15) is 64.7 Å². The first-order chi connectivity index (χ1) is 20.2. The number of nitrogens with one attached hydrogen (secondary N) is 1. The monoisotopic (exact) mass is 588 g/mol. The van der Waals surface area contributed by atoms with Crippen LogP contribution in [-0.2, 0) is 11.2 Å². The van der Waals surface area contributed by atoms with Gasteiger partial charge in [-0.15, -0.1) is 0 Å². The minimum atomic E-state index is -1.08. The molecule has 0 bridgehead atoms. The minimum Gasteiger partial charge on any atom is -0.495 e. The summed E-state index contributed by atoms with van der Waals surface area (Å²) >= 11 is 6.27. The quantitative estimate of drug-likeness (QED) is 0.223. The number of ketones is 1. The highest BCUT2D eigenvalue weighted by Crippen LogP contribution is 2.36. The molecule has 1 aliphatic rings. The maximum atomic E-state index is 13.7. The Morgan fingerprint density at radius 1 is 1.10 bits per heavy atom. The third kappa shape index (κ3) is 6.13. The summed E-state index contributed by atoms with van der Waals surface area (Å²) in [5.74, 6) is -1.43. The van der Waals surface area contributed by atoms with E-state index in [1.165, 1.54) is 48.2 Å². The fourth-order valence-corrected chi connectivity index (χ4v) is 4.96. The second-order valence-corrected chi connectivity index (χ2v) is 10.5. The van der Waals surface area contributed by atoms with Crippen LogP contribution >= 0.6 is 11.6 Å². The molecule has 42 heavy (non-hydrogen) atoms. The van der Waals surface area contributed by atoms with Gasteiger partial charge in [0.25, 0.3) is 5.56 Å². The molecule has 5 rings (SSSR count). The molecule has 1 amide bonds. The Balaban J connectivity index is 1.56. The lowest BCUT2D eigenvalue weighted by Crippen LogP contribution is -2.34. The number of carboxylic acid groups (broad SMARTS) is 1. The summed E-state index contributed by atoms with van der Waals surface area (Å²) in [7, 11) is 1.44. The van der Waals surface area contributed by atoms with Gasteiger partial charge in [-0.3, -0.25) is 23.6 Å². The zero-order valence-corrected chi connectivity index (χ0v) is 23.8. The largest absolute Gasteiger partial charge is 0.495 e. The SMILES string of the molecule is CCC(=O)c1ccc(Cl)cc1-c1cc(=O)n(C(Cc2ccn(C3CC3)n2)C(=O)Nc2ccc(C(=O)O)cc2)cc1OC. The molecule has 2 aromatic carbocycles. The van der Waals surface area contributed by atoms with Crippen molar-refractivity contribution in [1.82, 2.24) is 14.3 Å². The van der Waals surface area contributed by atoms with Crippen molar-refractivity contribution in [2.45, 2.75) is 44.7 Å². The summed E-state index contributed by atoms with van der Waals surface area (Å²) in [6.07, 6.45) is 5.77. The lowest BCUT2D eigenvalue weighted by Gasteiger charge is -2.21. The van der Waals surface area contributed by atoms with Gasteiger partial charge in [0.1, 0.15) is 11.8 Å². The highest BCUT2D eigenvalue weighted by molar-refractivity contribution is 6.31. The second kappa shape index (κ2) is 12.0. The Hall–Kier alpha value is -4.70. The lowest BCUT2D eigenvalue weighted by molar-refractivity contribution is -0.119. The Morgan fingerprint density at radius 3 is 2.48 bits per heavy atom. The molecule has 2 N–H and O–H groups in total. The van der Waals surface area contributed by atoms with Gasteiger partial charge in [-0.2, -0.15) is 5.10 Å². The summed E-state index contributed by atoms with van der Waals surface area (Å²) in [5.41, 5.74) is 1.82. The van der Waals surface area contributed by atoms with E-state index in [0.717, 1.165) is 12.8 Å². The predicted octanol–water partition coefficient (Wildman–Crippen LogP) is 5.42. The molecule has 2 heterocycles. The van der Waals surface area contributed by atoms with Crippen molar-refractivity contribution in [2.24, 2.45) is 0 Å². The Labute approximate surface area is 246 Å². The number of nitrogens with zero attached hydrogens (tertiary/aromatic N) is 3. The summed E-state index contributed by atoms with van der Waals surface area (Å²) in [4.78, 5) is 51.3. The van der Waals surface area contributed by atoms with Crippen molar-refractivity contribution in [1.29, 1.82) is 0 Å². The zero-order valence-electron chi connectivity index (χ0n) is 23.0. The van der Waals surface area contributed by atoms with Gasteiger partial charge in [-0.25, -0.2) is 4.79 Å². The van der Waals surface area contributed by atoms with Crippen molar-refractivity contribution in [3.05, 3.63) is 99.2 Å². The van der Waals surface area contributed by atoms with Crippen LogP contribution in [0.15, 0.2) is 71.8 Å². The molecule has 0 aliphatic heterocycles. The number of hydrogen-bond donors (Lipinski definition) is 2.